The minimum Gasteiger partial charge on any atom is -0.444 e. The molecule has 1 saturated heterocycles. The van der Waals surface area contributed by atoms with E-state index in [-0.39, 0.29) is 5.56 Å². The molecule has 146 valence electrons. The van der Waals surface area contributed by atoms with Crippen LogP contribution in [0.1, 0.15) is 36.6 Å². The highest BCUT2D eigenvalue weighted by molar-refractivity contribution is 5.17. The highest BCUT2D eigenvalue weighted by Crippen LogP contribution is 2.24. The van der Waals surface area contributed by atoms with Crippen molar-refractivity contribution in [3.05, 3.63) is 52.5 Å². The van der Waals surface area contributed by atoms with Crippen molar-refractivity contribution in [3.8, 4) is 5.82 Å². The van der Waals surface area contributed by atoms with Gasteiger partial charge in [0.25, 0.3) is 5.56 Å². The van der Waals surface area contributed by atoms with E-state index in [0.29, 0.717) is 18.3 Å². The van der Waals surface area contributed by atoms with E-state index in [1.54, 1.807) is 27.8 Å². The molecule has 4 heterocycles. The fraction of sp³-hybridized carbons (Fsp3) is 0.526. The SMILES string of the molecule is O=c1ccc(-n2cncn2)nn1CC1CCN(Cc2nc3c(o2)CCC3)CC1. The van der Waals surface area contributed by atoms with Crippen molar-refractivity contribution in [2.45, 2.75) is 45.2 Å². The molecular weight excluding hydrogens is 358 g/mol. The number of likely N-dealkylation sites (tertiary alicyclic amines) is 1. The molecule has 1 aliphatic heterocycles. The maximum atomic E-state index is 12.2. The number of rotatable bonds is 5. The average Bonchev–Trinajstić information content (AvgIpc) is 3.43. The molecule has 9 nitrogen and oxygen atoms in total. The number of aromatic nitrogens is 6. The van der Waals surface area contributed by atoms with Gasteiger partial charge in [-0.25, -0.2) is 19.3 Å². The topological polar surface area (TPSA) is 94.9 Å². The molecule has 3 aromatic heterocycles. The molecule has 0 bridgehead atoms. The summed E-state index contributed by atoms with van der Waals surface area (Å²) < 4.78 is 9.01. The van der Waals surface area contributed by atoms with E-state index in [9.17, 15) is 4.79 Å². The van der Waals surface area contributed by atoms with Crippen LogP contribution in [-0.2, 0) is 25.9 Å². The molecule has 1 aliphatic carbocycles. The summed E-state index contributed by atoms with van der Waals surface area (Å²) >= 11 is 0. The molecule has 0 spiro atoms. The Hall–Kier alpha value is -2.81. The minimum atomic E-state index is -0.0828. The summed E-state index contributed by atoms with van der Waals surface area (Å²) in [6, 6.07) is 3.21. The fourth-order valence-electron chi connectivity index (χ4n) is 4.09. The number of oxazole rings is 1. The molecule has 3 aromatic rings. The van der Waals surface area contributed by atoms with Crippen LogP contribution in [-0.4, -0.2) is 47.5 Å². The number of fused-ring (bicyclic) bond motifs is 1. The predicted octanol–water partition coefficient (Wildman–Crippen LogP) is 1.21. The normalized spacial score (nSPS) is 17.9. The number of nitrogens with zero attached hydrogens (tertiary/aromatic N) is 7. The molecule has 0 radical (unpaired) electrons. The van der Waals surface area contributed by atoms with Crippen LogP contribution in [0.2, 0.25) is 0 Å². The smallest absolute Gasteiger partial charge is 0.266 e. The van der Waals surface area contributed by atoms with E-state index in [1.807, 2.05) is 0 Å². The molecule has 2 aliphatic rings. The zero-order valence-electron chi connectivity index (χ0n) is 15.7. The van der Waals surface area contributed by atoms with Gasteiger partial charge in [0, 0.05) is 19.0 Å². The van der Waals surface area contributed by atoms with Crippen LogP contribution >= 0.6 is 0 Å². The van der Waals surface area contributed by atoms with E-state index in [1.165, 1.54) is 12.7 Å². The van der Waals surface area contributed by atoms with E-state index >= 15 is 0 Å². The molecule has 9 heteroatoms. The standard InChI is InChI=1S/C19H23N7O2/c27-19-5-4-17(26-13-20-12-21-26)23-25(19)10-14-6-8-24(9-7-14)11-18-22-15-2-1-3-16(15)28-18/h4-5,12-14H,1-3,6-11H2. The first kappa shape index (κ1) is 17.3. The second-order valence-corrected chi connectivity index (χ2v) is 7.60. The Morgan fingerprint density at radius 1 is 1.18 bits per heavy atom. The van der Waals surface area contributed by atoms with Crippen LogP contribution in [0.15, 0.2) is 34.0 Å². The Kier molecular flexibility index (Phi) is 4.52. The van der Waals surface area contributed by atoms with E-state index in [2.05, 4.69) is 25.1 Å². The van der Waals surface area contributed by atoms with Gasteiger partial charge in [0.1, 0.15) is 18.4 Å². The van der Waals surface area contributed by atoms with Crippen LogP contribution in [0.4, 0.5) is 0 Å². The van der Waals surface area contributed by atoms with Crippen molar-refractivity contribution in [3.63, 3.8) is 0 Å². The molecule has 0 aromatic carbocycles. The van der Waals surface area contributed by atoms with Crippen molar-refractivity contribution < 1.29 is 4.42 Å². The van der Waals surface area contributed by atoms with E-state index in [0.717, 1.165) is 62.7 Å². The van der Waals surface area contributed by atoms with Crippen molar-refractivity contribution >= 4 is 0 Å². The van der Waals surface area contributed by atoms with Gasteiger partial charge < -0.3 is 4.42 Å². The molecule has 0 amide bonds. The Morgan fingerprint density at radius 2 is 2.07 bits per heavy atom. The zero-order chi connectivity index (χ0) is 18.9. The van der Waals surface area contributed by atoms with Gasteiger partial charge in [-0.2, -0.15) is 5.10 Å². The Morgan fingerprint density at radius 3 is 2.86 bits per heavy atom. The van der Waals surface area contributed by atoms with Gasteiger partial charge in [-0.3, -0.25) is 9.69 Å². The van der Waals surface area contributed by atoms with Crippen molar-refractivity contribution in [2.75, 3.05) is 13.1 Å². The van der Waals surface area contributed by atoms with Gasteiger partial charge in [-0.15, -0.1) is 5.10 Å². The third-order valence-electron chi connectivity index (χ3n) is 5.64. The summed E-state index contributed by atoms with van der Waals surface area (Å²) in [6.07, 6.45) is 8.34. The van der Waals surface area contributed by atoms with Gasteiger partial charge in [-0.05, 0) is 50.8 Å². The average molecular weight is 381 g/mol. The summed E-state index contributed by atoms with van der Waals surface area (Å²) in [5.41, 5.74) is 1.07. The predicted molar refractivity (Wildman–Crippen MR) is 99.9 cm³/mol. The van der Waals surface area contributed by atoms with Gasteiger partial charge in [0.15, 0.2) is 5.82 Å². The first-order chi connectivity index (χ1) is 13.7. The molecule has 0 saturated carbocycles. The number of aryl methyl sites for hydroxylation is 2. The van der Waals surface area contributed by atoms with Gasteiger partial charge in [-0.1, -0.05) is 0 Å². The van der Waals surface area contributed by atoms with Crippen LogP contribution in [0.25, 0.3) is 5.82 Å². The van der Waals surface area contributed by atoms with Crippen LogP contribution in [0.5, 0.6) is 0 Å². The Bertz CT molecular complexity index is 978. The van der Waals surface area contributed by atoms with E-state index in [4.69, 9.17) is 4.42 Å². The molecule has 28 heavy (non-hydrogen) atoms. The lowest BCUT2D eigenvalue weighted by Crippen LogP contribution is -2.36. The molecular formula is C19H23N7O2. The minimum absolute atomic E-state index is 0.0828. The number of hydrogen-bond donors (Lipinski definition) is 0. The van der Waals surface area contributed by atoms with Gasteiger partial charge in [0.05, 0.1) is 12.2 Å². The highest BCUT2D eigenvalue weighted by atomic mass is 16.4. The summed E-state index contributed by atoms with van der Waals surface area (Å²) in [6.45, 7) is 3.37. The van der Waals surface area contributed by atoms with Gasteiger partial charge >= 0.3 is 0 Å². The quantitative estimate of drug-likeness (QED) is 0.656. The van der Waals surface area contributed by atoms with Crippen LogP contribution < -0.4 is 5.56 Å². The Labute approximate surface area is 162 Å². The lowest BCUT2D eigenvalue weighted by Gasteiger charge is -2.31. The maximum absolute atomic E-state index is 12.2. The third-order valence-corrected chi connectivity index (χ3v) is 5.64. The first-order valence-corrected chi connectivity index (χ1v) is 9.87. The summed E-state index contributed by atoms with van der Waals surface area (Å²) in [7, 11) is 0. The Balaban J connectivity index is 1.19. The molecule has 5 rings (SSSR count). The van der Waals surface area contributed by atoms with E-state index < -0.39 is 0 Å². The second-order valence-electron chi connectivity index (χ2n) is 7.60. The maximum Gasteiger partial charge on any atom is 0.266 e. The van der Waals surface area contributed by atoms with Crippen LogP contribution in [0, 0.1) is 5.92 Å². The summed E-state index contributed by atoms with van der Waals surface area (Å²) in [5, 5.41) is 8.53. The lowest BCUT2D eigenvalue weighted by molar-refractivity contribution is 0.151. The molecule has 1 fully saturated rings. The lowest BCUT2D eigenvalue weighted by atomic mass is 9.97. The van der Waals surface area contributed by atoms with Crippen molar-refractivity contribution in [1.82, 2.24) is 34.4 Å². The zero-order valence-corrected chi connectivity index (χ0v) is 15.7. The van der Waals surface area contributed by atoms with Crippen LogP contribution in [0.3, 0.4) is 0 Å². The number of piperidine rings is 1. The third kappa shape index (κ3) is 3.49. The first-order valence-electron chi connectivity index (χ1n) is 9.87. The fourth-order valence-corrected chi connectivity index (χ4v) is 4.09. The molecule has 0 unspecified atom stereocenters. The monoisotopic (exact) mass is 381 g/mol. The summed E-state index contributed by atoms with van der Waals surface area (Å²) in [4.78, 5) is 23.2. The highest BCUT2D eigenvalue weighted by Gasteiger charge is 2.24. The van der Waals surface area contributed by atoms with Crippen molar-refractivity contribution in [1.29, 1.82) is 0 Å². The molecule has 0 atom stereocenters. The summed E-state index contributed by atoms with van der Waals surface area (Å²) in [5.74, 6) is 2.97. The van der Waals surface area contributed by atoms with Gasteiger partial charge in [0.2, 0.25) is 5.89 Å². The van der Waals surface area contributed by atoms with Crippen molar-refractivity contribution in [2.24, 2.45) is 5.92 Å². The number of hydrogen-bond acceptors (Lipinski definition) is 7. The largest absolute Gasteiger partial charge is 0.444 e. The molecule has 0 N–H and O–H groups in total. The second kappa shape index (κ2) is 7.31.